The maximum atomic E-state index is 10.9. The predicted molar refractivity (Wildman–Crippen MR) is 94.4 cm³/mol. The summed E-state index contributed by atoms with van der Waals surface area (Å²) in [7, 11) is 1.42. The molecule has 0 aromatic heterocycles. The van der Waals surface area contributed by atoms with Crippen LogP contribution in [-0.2, 0) is 9.53 Å². The molecule has 0 aliphatic rings. The Balaban J connectivity index is 0. The van der Waals surface area contributed by atoms with Crippen molar-refractivity contribution in [3.8, 4) is 0 Å². The number of ether oxygens (including phenoxy) is 1. The summed E-state index contributed by atoms with van der Waals surface area (Å²) in [6.45, 7) is 7.09. The summed E-state index contributed by atoms with van der Waals surface area (Å²) in [5, 5.41) is 3.07. The molecule has 0 bridgehead atoms. The van der Waals surface area contributed by atoms with Crippen LogP contribution in [0.1, 0.15) is 45.4 Å². The third-order valence-electron chi connectivity index (χ3n) is 2.61. The number of esters is 1. The van der Waals surface area contributed by atoms with E-state index >= 15 is 0 Å². The van der Waals surface area contributed by atoms with Gasteiger partial charge in [0, 0.05) is 13.0 Å². The number of guanidine groups is 1. The molecule has 0 aliphatic heterocycles. The van der Waals surface area contributed by atoms with E-state index in [1.165, 1.54) is 7.11 Å². The quantitative estimate of drug-likeness (QED) is 0.148. The van der Waals surface area contributed by atoms with Crippen molar-refractivity contribution in [3.05, 3.63) is 12.2 Å². The van der Waals surface area contributed by atoms with Crippen molar-refractivity contribution in [3.63, 3.8) is 0 Å². The molecule has 0 fully saturated rings. The highest BCUT2D eigenvalue weighted by molar-refractivity contribution is 14.0. The van der Waals surface area contributed by atoms with Crippen LogP contribution in [0.15, 0.2) is 17.1 Å². The average Bonchev–Trinajstić information content (AvgIpc) is 2.38. The van der Waals surface area contributed by atoms with E-state index in [2.05, 4.69) is 21.6 Å². The SMILES string of the molecule is C=C(C)CN=C(N)NCCCCCCCC(=O)OC.I. The molecule has 0 spiro atoms. The number of rotatable bonds is 10. The van der Waals surface area contributed by atoms with Gasteiger partial charge in [0.2, 0.25) is 0 Å². The Morgan fingerprint density at radius 2 is 1.85 bits per heavy atom. The lowest BCUT2D eigenvalue weighted by Gasteiger charge is -2.05. The van der Waals surface area contributed by atoms with Gasteiger partial charge in [0.15, 0.2) is 5.96 Å². The summed E-state index contributed by atoms with van der Waals surface area (Å²) in [6, 6.07) is 0. The van der Waals surface area contributed by atoms with Gasteiger partial charge in [-0.25, -0.2) is 4.99 Å². The predicted octanol–water partition coefficient (Wildman–Crippen LogP) is 2.60. The number of nitrogens with one attached hydrogen (secondary N) is 1. The lowest BCUT2D eigenvalue weighted by molar-refractivity contribution is -0.140. The second-order valence-electron chi connectivity index (χ2n) is 4.68. The van der Waals surface area contributed by atoms with Crippen molar-refractivity contribution in [2.75, 3.05) is 20.2 Å². The molecule has 0 saturated carbocycles. The minimum atomic E-state index is -0.122. The van der Waals surface area contributed by atoms with E-state index < -0.39 is 0 Å². The van der Waals surface area contributed by atoms with E-state index in [9.17, 15) is 4.79 Å². The summed E-state index contributed by atoms with van der Waals surface area (Å²) < 4.78 is 4.58. The third kappa shape index (κ3) is 15.3. The molecule has 0 amide bonds. The number of hydrogen-bond acceptors (Lipinski definition) is 3. The molecule has 0 atom stereocenters. The molecule has 5 nitrogen and oxygen atoms in total. The summed E-state index contributed by atoms with van der Waals surface area (Å²) in [5.74, 6) is 0.358. The number of methoxy groups -OCH3 is 1. The maximum Gasteiger partial charge on any atom is 0.305 e. The fourth-order valence-corrected chi connectivity index (χ4v) is 1.52. The molecular formula is C14H28IN3O2. The monoisotopic (exact) mass is 397 g/mol. The van der Waals surface area contributed by atoms with Gasteiger partial charge >= 0.3 is 5.97 Å². The Morgan fingerprint density at radius 3 is 2.45 bits per heavy atom. The molecule has 0 rings (SSSR count). The maximum absolute atomic E-state index is 10.9. The lowest BCUT2D eigenvalue weighted by Crippen LogP contribution is -2.32. The van der Waals surface area contributed by atoms with E-state index in [1.807, 2.05) is 6.92 Å². The van der Waals surface area contributed by atoms with Gasteiger partial charge in [-0.3, -0.25) is 4.79 Å². The van der Waals surface area contributed by atoms with Crippen LogP contribution in [0.4, 0.5) is 0 Å². The van der Waals surface area contributed by atoms with Crippen LogP contribution in [-0.4, -0.2) is 32.1 Å². The Hall–Kier alpha value is -0.790. The van der Waals surface area contributed by atoms with Crippen molar-refractivity contribution in [1.82, 2.24) is 5.32 Å². The summed E-state index contributed by atoms with van der Waals surface area (Å²) in [5.41, 5.74) is 6.68. The van der Waals surface area contributed by atoms with Crippen molar-refractivity contribution in [2.45, 2.75) is 45.4 Å². The Labute approximate surface area is 139 Å². The first-order valence-corrected chi connectivity index (χ1v) is 6.81. The zero-order chi connectivity index (χ0) is 14.5. The third-order valence-corrected chi connectivity index (χ3v) is 2.61. The molecule has 0 unspecified atom stereocenters. The van der Waals surface area contributed by atoms with Crippen LogP contribution in [0.2, 0.25) is 0 Å². The standard InChI is InChI=1S/C14H27N3O2.HI/c1-12(2)11-17-14(15)16-10-8-6-4-5-7-9-13(18)19-3;/h1,4-11H2,2-3H3,(H3,15,16,17);1H. The highest BCUT2D eigenvalue weighted by Gasteiger charge is 1.99. The second-order valence-corrected chi connectivity index (χ2v) is 4.68. The number of unbranched alkanes of at least 4 members (excludes halogenated alkanes) is 4. The Kier molecular flexibility index (Phi) is 15.7. The molecule has 0 heterocycles. The largest absolute Gasteiger partial charge is 0.469 e. The molecular weight excluding hydrogens is 369 g/mol. The zero-order valence-electron chi connectivity index (χ0n) is 12.6. The highest BCUT2D eigenvalue weighted by atomic mass is 127. The summed E-state index contributed by atoms with van der Waals surface area (Å²) in [6.07, 6.45) is 5.80. The minimum absolute atomic E-state index is 0. The van der Waals surface area contributed by atoms with Gasteiger partial charge in [-0.1, -0.05) is 31.4 Å². The van der Waals surface area contributed by atoms with Crippen molar-refractivity contribution < 1.29 is 9.53 Å². The molecule has 3 N–H and O–H groups in total. The van der Waals surface area contributed by atoms with Crippen LogP contribution in [0.5, 0.6) is 0 Å². The first kappa shape index (κ1) is 21.5. The molecule has 20 heavy (non-hydrogen) atoms. The molecule has 0 aromatic rings. The number of hydrogen-bond donors (Lipinski definition) is 2. The van der Waals surface area contributed by atoms with Crippen LogP contribution in [0, 0.1) is 0 Å². The highest BCUT2D eigenvalue weighted by Crippen LogP contribution is 2.05. The van der Waals surface area contributed by atoms with E-state index in [0.29, 0.717) is 18.9 Å². The van der Waals surface area contributed by atoms with E-state index in [1.54, 1.807) is 0 Å². The topological polar surface area (TPSA) is 76.7 Å². The number of carbonyl (C=O) groups excluding carboxylic acids is 1. The van der Waals surface area contributed by atoms with Crippen LogP contribution < -0.4 is 11.1 Å². The second kappa shape index (κ2) is 14.6. The number of carbonyl (C=O) groups is 1. The van der Waals surface area contributed by atoms with Crippen molar-refractivity contribution >= 4 is 35.9 Å². The van der Waals surface area contributed by atoms with Gasteiger partial charge in [-0.2, -0.15) is 0 Å². The van der Waals surface area contributed by atoms with Crippen LogP contribution >= 0.6 is 24.0 Å². The van der Waals surface area contributed by atoms with Crippen molar-refractivity contribution in [1.29, 1.82) is 0 Å². The van der Waals surface area contributed by atoms with Gasteiger partial charge in [0.05, 0.1) is 13.7 Å². The van der Waals surface area contributed by atoms with E-state index in [0.717, 1.165) is 44.2 Å². The first-order chi connectivity index (χ1) is 9.06. The smallest absolute Gasteiger partial charge is 0.305 e. The molecule has 6 heteroatoms. The fraction of sp³-hybridized carbons (Fsp3) is 0.714. The molecule has 118 valence electrons. The molecule has 0 radical (unpaired) electrons. The molecule has 0 aliphatic carbocycles. The van der Waals surface area contributed by atoms with Gasteiger partial charge in [0.25, 0.3) is 0 Å². The lowest BCUT2D eigenvalue weighted by atomic mass is 10.1. The van der Waals surface area contributed by atoms with Crippen LogP contribution in [0.25, 0.3) is 0 Å². The van der Waals surface area contributed by atoms with Gasteiger partial charge < -0.3 is 15.8 Å². The number of nitrogens with two attached hydrogens (primary N) is 1. The Bertz CT molecular complexity index is 307. The molecule has 0 aromatic carbocycles. The van der Waals surface area contributed by atoms with E-state index in [4.69, 9.17) is 5.73 Å². The summed E-state index contributed by atoms with van der Waals surface area (Å²) in [4.78, 5) is 15.0. The summed E-state index contributed by atoms with van der Waals surface area (Å²) >= 11 is 0. The molecule has 0 saturated heterocycles. The van der Waals surface area contributed by atoms with Gasteiger partial charge in [-0.05, 0) is 19.8 Å². The van der Waals surface area contributed by atoms with Gasteiger partial charge in [0.1, 0.15) is 0 Å². The van der Waals surface area contributed by atoms with Crippen LogP contribution in [0.3, 0.4) is 0 Å². The fourth-order valence-electron chi connectivity index (χ4n) is 1.52. The van der Waals surface area contributed by atoms with E-state index in [-0.39, 0.29) is 29.9 Å². The first-order valence-electron chi connectivity index (χ1n) is 6.81. The van der Waals surface area contributed by atoms with Gasteiger partial charge in [-0.15, -0.1) is 24.0 Å². The Morgan fingerprint density at radius 1 is 1.25 bits per heavy atom. The zero-order valence-corrected chi connectivity index (χ0v) is 14.9. The number of aliphatic imine (C=N–C) groups is 1. The number of nitrogens with zero attached hydrogens (tertiary/aromatic N) is 1. The number of halogens is 1. The minimum Gasteiger partial charge on any atom is -0.469 e. The normalized spacial score (nSPS) is 10.6. The van der Waals surface area contributed by atoms with Crippen molar-refractivity contribution in [2.24, 2.45) is 10.7 Å². The average molecular weight is 397 g/mol.